The van der Waals surface area contributed by atoms with Crippen LogP contribution in [0.15, 0.2) is 54.6 Å². The first-order chi connectivity index (χ1) is 12.9. The van der Waals surface area contributed by atoms with E-state index in [1.165, 1.54) is 11.8 Å². The minimum Gasteiger partial charge on any atom is -0.347 e. The summed E-state index contributed by atoms with van der Waals surface area (Å²) in [7, 11) is 3.96. The maximum Gasteiger partial charge on any atom is 0.234 e. The van der Waals surface area contributed by atoms with Gasteiger partial charge in [-0.1, -0.05) is 42.5 Å². The number of nitrogens with zero attached hydrogens (tertiary/aromatic N) is 1. The maximum absolute atomic E-state index is 12.3. The van der Waals surface area contributed by atoms with E-state index in [2.05, 4.69) is 10.6 Å². The van der Waals surface area contributed by atoms with Crippen molar-refractivity contribution in [2.75, 3.05) is 37.5 Å². The molecule has 2 rings (SSSR count). The van der Waals surface area contributed by atoms with Gasteiger partial charge < -0.3 is 15.5 Å². The average Bonchev–Trinajstić information content (AvgIpc) is 2.61. The van der Waals surface area contributed by atoms with Crippen molar-refractivity contribution in [3.8, 4) is 0 Å². The summed E-state index contributed by atoms with van der Waals surface area (Å²) < 4.78 is 0. The predicted octanol–water partition coefficient (Wildman–Crippen LogP) is 3.09. The predicted molar refractivity (Wildman–Crippen MR) is 113 cm³/mol. The first-order valence-electron chi connectivity index (χ1n) is 8.87. The van der Waals surface area contributed by atoms with Crippen LogP contribution in [0.25, 0.3) is 0 Å². The van der Waals surface area contributed by atoms with Crippen molar-refractivity contribution < 1.29 is 9.59 Å². The van der Waals surface area contributed by atoms with E-state index in [-0.39, 0.29) is 29.4 Å². The molecule has 144 valence electrons. The minimum absolute atomic E-state index is 0.0703. The molecule has 0 fully saturated rings. The Labute approximate surface area is 165 Å². The highest BCUT2D eigenvalue weighted by Crippen LogP contribution is 2.14. The third kappa shape index (κ3) is 7.85. The Morgan fingerprint density at radius 1 is 1.00 bits per heavy atom. The minimum atomic E-state index is -0.105. The van der Waals surface area contributed by atoms with E-state index < -0.39 is 0 Å². The molecule has 0 aromatic heterocycles. The molecule has 0 aliphatic heterocycles. The Morgan fingerprint density at radius 3 is 2.37 bits per heavy atom. The largest absolute Gasteiger partial charge is 0.347 e. The van der Waals surface area contributed by atoms with Gasteiger partial charge in [-0.25, -0.2) is 0 Å². The number of hydrogen-bond donors (Lipinski definition) is 2. The third-order valence-electron chi connectivity index (χ3n) is 3.85. The molecule has 0 saturated carbocycles. The summed E-state index contributed by atoms with van der Waals surface area (Å²) in [6.07, 6.45) is 0. The molecule has 2 aromatic carbocycles. The van der Waals surface area contributed by atoms with Crippen LogP contribution < -0.4 is 10.6 Å². The van der Waals surface area contributed by atoms with Gasteiger partial charge in [-0.2, -0.15) is 0 Å². The molecule has 27 heavy (non-hydrogen) atoms. The fourth-order valence-electron chi connectivity index (χ4n) is 2.68. The van der Waals surface area contributed by atoms with Crippen molar-refractivity contribution in [2.45, 2.75) is 13.0 Å². The Hall–Kier alpha value is -2.31. The third-order valence-corrected chi connectivity index (χ3v) is 4.79. The summed E-state index contributed by atoms with van der Waals surface area (Å²) in [4.78, 5) is 26.4. The zero-order valence-electron chi connectivity index (χ0n) is 16.1. The second kappa shape index (κ2) is 10.7. The van der Waals surface area contributed by atoms with Crippen LogP contribution in [0.2, 0.25) is 0 Å². The van der Waals surface area contributed by atoms with Crippen LogP contribution in [-0.4, -0.2) is 48.9 Å². The highest BCUT2D eigenvalue weighted by molar-refractivity contribution is 8.00. The lowest BCUT2D eigenvalue weighted by molar-refractivity contribution is -0.119. The molecule has 0 spiro atoms. The molecule has 0 heterocycles. The molecule has 0 saturated heterocycles. The van der Waals surface area contributed by atoms with Gasteiger partial charge in [0.2, 0.25) is 11.8 Å². The highest BCUT2D eigenvalue weighted by Gasteiger charge is 2.15. The molecule has 0 unspecified atom stereocenters. The lowest BCUT2D eigenvalue weighted by Crippen LogP contribution is -2.36. The number of carbonyl (C=O) groups excluding carboxylic acids is 2. The van der Waals surface area contributed by atoms with Crippen molar-refractivity contribution in [1.29, 1.82) is 0 Å². The summed E-state index contributed by atoms with van der Waals surface area (Å²) in [5.41, 5.74) is 2.94. The number of rotatable bonds is 9. The van der Waals surface area contributed by atoms with Gasteiger partial charge in [0.1, 0.15) is 0 Å². The van der Waals surface area contributed by atoms with E-state index in [4.69, 9.17) is 0 Å². The van der Waals surface area contributed by atoms with Crippen molar-refractivity contribution in [3.63, 3.8) is 0 Å². The van der Waals surface area contributed by atoms with E-state index in [1.807, 2.05) is 80.5 Å². The molecule has 2 N–H and O–H groups in total. The second-order valence-electron chi connectivity index (χ2n) is 6.70. The number of nitrogens with one attached hydrogen (secondary N) is 2. The molecule has 0 aliphatic carbocycles. The van der Waals surface area contributed by atoms with Gasteiger partial charge in [-0.05, 0) is 44.3 Å². The van der Waals surface area contributed by atoms with Crippen LogP contribution in [0.1, 0.15) is 17.2 Å². The second-order valence-corrected chi connectivity index (χ2v) is 7.69. The average molecular weight is 386 g/mol. The van der Waals surface area contributed by atoms with Crippen LogP contribution in [0.5, 0.6) is 0 Å². The molecule has 0 bridgehead atoms. The van der Waals surface area contributed by atoms with Crippen LogP contribution in [0, 0.1) is 6.92 Å². The number of likely N-dealkylation sites (N-methyl/N-ethyl adjacent to an activating group) is 1. The quantitative estimate of drug-likeness (QED) is 0.696. The van der Waals surface area contributed by atoms with Gasteiger partial charge >= 0.3 is 0 Å². The lowest BCUT2D eigenvalue weighted by Gasteiger charge is -2.22. The summed E-state index contributed by atoms with van der Waals surface area (Å²) in [5.74, 6) is 0.314. The Balaban J connectivity index is 1.79. The van der Waals surface area contributed by atoms with Crippen molar-refractivity contribution >= 4 is 29.3 Å². The standard InChI is InChI=1S/C21H27N3O2S/c1-16-8-7-11-18(12-16)22-20(25)14-27-15-21(26)23-19(13-24(2)3)17-9-5-4-6-10-17/h4-12,19H,13-15H2,1-3H3,(H,22,25)(H,23,26)/t19-/m1/s1. The van der Waals surface area contributed by atoms with E-state index in [1.54, 1.807) is 0 Å². The first kappa shape index (κ1) is 21.0. The summed E-state index contributed by atoms with van der Waals surface area (Å²) >= 11 is 1.31. The molecule has 1 atom stereocenters. The fourth-order valence-corrected chi connectivity index (χ4v) is 3.31. The monoisotopic (exact) mass is 385 g/mol. The maximum atomic E-state index is 12.3. The molecule has 2 aromatic rings. The van der Waals surface area contributed by atoms with Gasteiger partial charge in [0.15, 0.2) is 0 Å². The Bertz CT molecular complexity index is 750. The van der Waals surface area contributed by atoms with Crippen LogP contribution in [0.4, 0.5) is 5.69 Å². The molecule has 0 aliphatic rings. The number of aryl methyl sites for hydroxylation is 1. The van der Waals surface area contributed by atoms with Crippen LogP contribution >= 0.6 is 11.8 Å². The van der Waals surface area contributed by atoms with E-state index in [0.29, 0.717) is 6.54 Å². The van der Waals surface area contributed by atoms with Crippen LogP contribution in [0.3, 0.4) is 0 Å². The Morgan fingerprint density at radius 2 is 1.70 bits per heavy atom. The number of hydrogen-bond acceptors (Lipinski definition) is 4. The van der Waals surface area contributed by atoms with Crippen molar-refractivity contribution in [1.82, 2.24) is 10.2 Å². The number of amides is 2. The molecule has 2 amide bonds. The molecular formula is C21H27N3O2S. The summed E-state index contributed by atoms with van der Waals surface area (Å²) in [5, 5.41) is 5.91. The van der Waals surface area contributed by atoms with Gasteiger partial charge in [0.05, 0.1) is 17.5 Å². The van der Waals surface area contributed by atoms with Gasteiger partial charge in [-0.15, -0.1) is 11.8 Å². The van der Waals surface area contributed by atoms with Crippen molar-refractivity contribution in [2.24, 2.45) is 0 Å². The van der Waals surface area contributed by atoms with Gasteiger partial charge in [0, 0.05) is 12.2 Å². The highest BCUT2D eigenvalue weighted by atomic mass is 32.2. The molecule has 6 heteroatoms. The molecule has 0 radical (unpaired) electrons. The Kier molecular flexibility index (Phi) is 8.36. The van der Waals surface area contributed by atoms with Gasteiger partial charge in [-0.3, -0.25) is 9.59 Å². The van der Waals surface area contributed by atoms with Crippen LogP contribution in [-0.2, 0) is 9.59 Å². The lowest BCUT2D eigenvalue weighted by atomic mass is 10.1. The number of anilines is 1. The summed E-state index contributed by atoms with van der Waals surface area (Å²) in [6, 6.07) is 17.5. The molecular weight excluding hydrogens is 358 g/mol. The topological polar surface area (TPSA) is 61.4 Å². The smallest absolute Gasteiger partial charge is 0.234 e. The van der Waals surface area contributed by atoms with E-state index in [9.17, 15) is 9.59 Å². The van der Waals surface area contributed by atoms with E-state index in [0.717, 1.165) is 16.8 Å². The fraction of sp³-hybridized carbons (Fsp3) is 0.333. The number of thioether (sulfide) groups is 1. The zero-order chi connectivity index (χ0) is 19.6. The van der Waals surface area contributed by atoms with Gasteiger partial charge in [0.25, 0.3) is 0 Å². The zero-order valence-corrected chi connectivity index (χ0v) is 16.9. The van der Waals surface area contributed by atoms with Crippen molar-refractivity contribution in [3.05, 3.63) is 65.7 Å². The van der Waals surface area contributed by atoms with E-state index >= 15 is 0 Å². The normalized spacial score (nSPS) is 11.9. The molecule has 5 nitrogen and oxygen atoms in total. The summed E-state index contributed by atoms with van der Waals surface area (Å²) in [6.45, 7) is 2.69. The number of carbonyl (C=O) groups is 2. The first-order valence-corrected chi connectivity index (χ1v) is 10.0. The SMILES string of the molecule is Cc1cccc(NC(=O)CSCC(=O)N[C@H](CN(C)C)c2ccccc2)c1. The number of benzene rings is 2.